The Hall–Kier alpha value is -2.38. The van der Waals surface area contributed by atoms with Crippen molar-refractivity contribution in [3.63, 3.8) is 0 Å². The SMILES string of the molecule is Clc1ccc(CC2=CC(c3cccc4cccnc34)C=C2)cc1. The van der Waals surface area contributed by atoms with E-state index in [1.165, 1.54) is 22.1 Å². The Kier molecular flexibility index (Phi) is 3.72. The average molecular weight is 318 g/mol. The molecule has 0 aliphatic heterocycles. The average Bonchev–Trinajstić information content (AvgIpc) is 3.05. The molecule has 0 bridgehead atoms. The quantitative estimate of drug-likeness (QED) is 0.603. The van der Waals surface area contributed by atoms with Crippen molar-refractivity contribution >= 4 is 22.5 Å². The molecular formula is C21H16ClN. The van der Waals surface area contributed by atoms with E-state index in [1.54, 1.807) is 0 Å². The number of allylic oxidation sites excluding steroid dienone is 4. The van der Waals surface area contributed by atoms with E-state index in [0.717, 1.165) is 17.0 Å². The summed E-state index contributed by atoms with van der Waals surface area (Å²) in [5.41, 5.74) is 4.98. The molecule has 1 atom stereocenters. The van der Waals surface area contributed by atoms with E-state index in [2.05, 4.69) is 59.6 Å². The number of hydrogen-bond acceptors (Lipinski definition) is 1. The highest BCUT2D eigenvalue weighted by molar-refractivity contribution is 6.30. The van der Waals surface area contributed by atoms with E-state index in [9.17, 15) is 0 Å². The number of hydrogen-bond donors (Lipinski definition) is 0. The van der Waals surface area contributed by atoms with Crippen molar-refractivity contribution < 1.29 is 0 Å². The van der Waals surface area contributed by atoms with Crippen LogP contribution in [0.5, 0.6) is 0 Å². The highest BCUT2D eigenvalue weighted by Crippen LogP contribution is 2.32. The van der Waals surface area contributed by atoms with Crippen molar-refractivity contribution in [3.05, 3.63) is 101 Å². The molecule has 0 spiro atoms. The first-order valence-electron chi connectivity index (χ1n) is 7.76. The van der Waals surface area contributed by atoms with Gasteiger partial charge < -0.3 is 0 Å². The minimum atomic E-state index is 0.302. The third kappa shape index (κ3) is 2.93. The summed E-state index contributed by atoms with van der Waals surface area (Å²) in [7, 11) is 0. The smallest absolute Gasteiger partial charge is 0.0743 e. The summed E-state index contributed by atoms with van der Waals surface area (Å²) in [6.45, 7) is 0. The van der Waals surface area contributed by atoms with Gasteiger partial charge in [0, 0.05) is 22.5 Å². The van der Waals surface area contributed by atoms with Crippen LogP contribution in [-0.2, 0) is 6.42 Å². The van der Waals surface area contributed by atoms with Crippen LogP contribution in [0.25, 0.3) is 10.9 Å². The Morgan fingerprint density at radius 3 is 2.65 bits per heavy atom. The third-order valence-corrected chi connectivity index (χ3v) is 4.51. The van der Waals surface area contributed by atoms with Crippen LogP contribution in [-0.4, -0.2) is 4.98 Å². The fourth-order valence-corrected chi connectivity index (χ4v) is 3.24. The maximum absolute atomic E-state index is 5.95. The molecule has 0 N–H and O–H groups in total. The van der Waals surface area contributed by atoms with Gasteiger partial charge in [-0.2, -0.15) is 0 Å². The number of aromatic nitrogens is 1. The molecule has 4 rings (SSSR count). The Morgan fingerprint density at radius 1 is 0.957 bits per heavy atom. The first kappa shape index (κ1) is 14.2. The Balaban J connectivity index is 1.63. The maximum Gasteiger partial charge on any atom is 0.0743 e. The van der Waals surface area contributed by atoms with Crippen LogP contribution in [0.1, 0.15) is 17.0 Å². The zero-order valence-electron chi connectivity index (χ0n) is 12.6. The molecule has 112 valence electrons. The zero-order chi connectivity index (χ0) is 15.6. The van der Waals surface area contributed by atoms with Crippen LogP contribution in [0.15, 0.2) is 84.6 Å². The lowest BCUT2D eigenvalue weighted by Gasteiger charge is -2.09. The Labute approximate surface area is 140 Å². The molecule has 1 aliphatic carbocycles. The topological polar surface area (TPSA) is 12.9 Å². The molecule has 0 radical (unpaired) electrons. The number of halogens is 1. The predicted molar refractivity (Wildman–Crippen MR) is 96.9 cm³/mol. The number of rotatable bonds is 3. The van der Waals surface area contributed by atoms with E-state index in [1.807, 2.05) is 24.4 Å². The number of para-hydroxylation sites is 1. The highest BCUT2D eigenvalue weighted by atomic mass is 35.5. The molecule has 1 heterocycles. The van der Waals surface area contributed by atoms with Crippen molar-refractivity contribution in [2.75, 3.05) is 0 Å². The molecule has 0 saturated heterocycles. The number of fused-ring (bicyclic) bond motifs is 1. The van der Waals surface area contributed by atoms with Gasteiger partial charge in [0.2, 0.25) is 0 Å². The fraction of sp³-hybridized carbons (Fsp3) is 0.0952. The molecular weight excluding hydrogens is 302 g/mol. The lowest BCUT2D eigenvalue weighted by atomic mass is 9.97. The Bertz CT molecular complexity index is 901. The second kappa shape index (κ2) is 6.02. The molecule has 1 aliphatic rings. The Morgan fingerprint density at radius 2 is 1.78 bits per heavy atom. The molecule has 1 aromatic heterocycles. The molecule has 23 heavy (non-hydrogen) atoms. The van der Waals surface area contributed by atoms with Crippen LogP contribution < -0.4 is 0 Å². The van der Waals surface area contributed by atoms with Gasteiger partial charge >= 0.3 is 0 Å². The van der Waals surface area contributed by atoms with Gasteiger partial charge in [-0.25, -0.2) is 0 Å². The van der Waals surface area contributed by atoms with Gasteiger partial charge in [0.25, 0.3) is 0 Å². The maximum atomic E-state index is 5.95. The van der Waals surface area contributed by atoms with Gasteiger partial charge in [0.05, 0.1) is 5.52 Å². The van der Waals surface area contributed by atoms with Crippen molar-refractivity contribution in [3.8, 4) is 0 Å². The van der Waals surface area contributed by atoms with E-state index >= 15 is 0 Å². The molecule has 2 aromatic carbocycles. The summed E-state index contributed by atoms with van der Waals surface area (Å²) < 4.78 is 0. The van der Waals surface area contributed by atoms with Gasteiger partial charge in [0.1, 0.15) is 0 Å². The minimum Gasteiger partial charge on any atom is -0.256 e. The number of pyridine rings is 1. The monoisotopic (exact) mass is 317 g/mol. The van der Waals surface area contributed by atoms with Crippen molar-refractivity contribution in [1.82, 2.24) is 4.98 Å². The summed E-state index contributed by atoms with van der Waals surface area (Å²) in [5, 5.41) is 1.97. The van der Waals surface area contributed by atoms with E-state index < -0.39 is 0 Å². The van der Waals surface area contributed by atoms with Crippen LogP contribution in [0.4, 0.5) is 0 Å². The zero-order valence-corrected chi connectivity index (χ0v) is 13.4. The highest BCUT2D eigenvalue weighted by Gasteiger charge is 2.15. The molecule has 0 fully saturated rings. The van der Waals surface area contributed by atoms with Gasteiger partial charge in [0.15, 0.2) is 0 Å². The van der Waals surface area contributed by atoms with Gasteiger partial charge in [-0.1, -0.05) is 66.2 Å². The summed E-state index contributed by atoms with van der Waals surface area (Å²) in [4.78, 5) is 4.57. The summed E-state index contributed by atoms with van der Waals surface area (Å²) >= 11 is 5.95. The van der Waals surface area contributed by atoms with Crippen molar-refractivity contribution in [2.24, 2.45) is 0 Å². The van der Waals surface area contributed by atoms with E-state index in [4.69, 9.17) is 11.6 Å². The molecule has 3 aromatic rings. The molecule has 0 amide bonds. The molecule has 1 unspecified atom stereocenters. The number of benzene rings is 2. The van der Waals surface area contributed by atoms with Gasteiger partial charge in [-0.3, -0.25) is 4.98 Å². The summed E-state index contributed by atoms with van der Waals surface area (Å²) in [6.07, 6.45) is 9.61. The normalized spacial score (nSPS) is 16.7. The van der Waals surface area contributed by atoms with Crippen molar-refractivity contribution in [1.29, 1.82) is 0 Å². The molecule has 2 heteroatoms. The molecule has 1 nitrogen and oxygen atoms in total. The first-order valence-corrected chi connectivity index (χ1v) is 8.14. The predicted octanol–water partition coefficient (Wildman–Crippen LogP) is 5.71. The van der Waals surface area contributed by atoms with Crippen LogP contribution in [0, 0.1) is 0 Å². The van der Waals surface area contributed by atoms with Crippen LogP contribution in [0.3, 0.4) is 0 Å². The van der Waals surface area contributed by atoms with E-state index in [0.29, 0.717) is 5.92 Å². The third-order valence-electron chi connectivity index (χ3n) is 4.26. The standard InChI is InChI=1S/C21H16ClN/c22-19-10-7-15(8-11-19)13-16-6-9-18(14-16)20-5-1-3-17-4-2-12-23-21(17)20/h1-12,14,18H,13H2. The first-order chi connectivity index (χ1) is 11.3. The minimum absolute atomic E-state index is 0.302. The van der Waals surface area contributed by atoms with Gasteiger partial charge in [-0.05, 0) is 41.3 Å². The lowest BCUT2D eigenvalue weighted by Crippen LogP contribution is -1.93. The number of nitrogens with zero attached hydrogens (tertiary/aromatic N) is 1. The van der Waals surface area contributed by atoms with Crippen molar-refractivity contribution in [2.45, 2.75) is 12.3 Å². The van der Waals surface area contributed by atoms with Crippen LogP contribution in [0.2, 0.25) is 5.02 Å². The second-order valence-corrected chi connectivity index (χ2v) is 6.29. The van der Waals surface area contributed by atoms with Crippen LogP contribution >= 0.6 is 11.6 Å². The lowest BCUT2D eigenvalue weighted by molar-refractivity contribution is 1.09. The summed E-state index contributed by atoms with van der Waals surface area (Å²) in [6, 6.07) is 18.6. The largest absolute Gasteiger partial charge is 0.256 e. The van der Waals surface area contributed by atoms with E-state index in [-0.39, 0.29) is 0 Å². The van der Waals surface area contributed by atoms with Gasteiger partial charge in [-0.15, -0.1) is 0 Å². The summed E-state index contributed by atoms with van der Waals surface area (Å²) in [5.74, 6) is 0.302. The second-order valence-electron chi connectivity index (χ2n) is 5.85. The molecule has 0 saturated carbocycles. The fourth-order valence-electron chi connectivity index (χ4n) is 3.12.